The van der Waals surface area contributed by atoms with Gasteiger partial charge >= 0.3 is 11.9 Å². The van der Waals surface area contributed by atoms with Crippen LogP contribution in [-0.2, 0) is 19.1 Å². The monoisotopic (exact) mass is 208 g/mol. The quantitative estimate of drug-likeness (QED) is 0.621. The summed E-state index contributed by atoms with van der Waals surface area (Å²) >= 11 is 0. The fraction of sp³-hybridized carbons (Fsp3) is 0.800. The SMILES string of the molecule is C.CC.CCOC(C)=O.COC(C)=O. The van der Waals surface area contributed by atoms with Gasteiger partial charge in [-0.1, -0.05) is 21.3 Å². The second kappa shape index (κ2) is 22.7. The van der Waals surface area contributed by atoms with Crippen LogP contribution in [0.25, 0.3) is 0 Å². The van der Waals surface area contributed by atoms with Crippen molar-refractivity contribution in [3.63, 3.8) is 0 Å². The van der Waals surface area contributed by atoms with Gasteiger partial charge in [0.2, 0.25) is 0 Å². The number of hydrogen-bond acceptors (Lipinski definition) is 4. The first-order chi connectivity index (χ1) is 6.04. The van der Waals surface area contributed by atoms with Gasteiger partial charge < -0.3 is 9.47 Å². The summed E-state index contributed by atoms with van der Waals surface area (Å²) in [6.45, 7) is 9.01. The fourth-order valence-corrected chi connectivity index (χ4v) is 0.203. The molecule has 0 aromatic rings. The zero-order valence-corrected chi connectivity index (χ0v) is 9.34. The van der Waals surface area contributed by atoms with E-state index in [4.69, 9.17) is 0 Å². The first-order valence-corrected chi connectivity index (χ1v) is 4.22. The second-order valence-electron chi connectivity index (χ2n) is 1.62. The van der Waals surface area contributed by atoms with E-state index < -0.39 is 0 Å². The highest BCUT2D eigenvalue weighted by Gasteiger charge is 1.81. The number of esters is 2. The zero-order chi connectivity index (χ0) is 11.3. The van der Waals surface area contributed by atoms with Crippen LogP contribution < -0.4 is 0 Å². The van der Waals surface area contributed by atoms with Gasteiger partial charge in [-0.2, -0.15) is 0 Å². The van der Waals surface area contributed by atoms with E-state index in [1.54, 1.807) is 6.92 Å². The molecule has 14 heavy (non-hydrogen) atoms. The van der Waals surface area contributed by atoms with Crippen LogP contribution in [0.1, 0.15) is 42.0 Å². The van der Waals surface area contributed by atoms with Crippen LogP contribution in [0.3, 0.4) is 0 Å². The van der Waals surface area contributed by atoms with Crippen LogP contribution in [-0.4, -0.2) is 25.7 Å². The number of rotatable bonds is 1. The number of carbonyl (C=O) groups excluding carboxylic acids is 2. The normalized spacial score (nSPS) is 6.14. The molecule has 0 fully saturated rings. The maximum atomic E-state index is 9.82. The Kier molecular flexibility index (Phi) is 37.4. The first-order valence-electron chi connectivity index (χ1n) is 4.22. The molecular weight excluding hydrogens is 184 g/mol. The topological polar surface area (TPSA) is 52.6 Å². The summed E-state index contributed by atoms with van der Waals surface area (Å²) in [7, 11) is 1.35. The van der Waals surface area contributed by atoms with E-state index >= 15 is 0 Å². The average molecular weight is 208 g/mol. The van der Waals surface area contributed by atoms with E-state index in [1.807, 2.05) is 13.8 Å². The Labute approximate surface area is 87.6 Å². The van der Waals surface area contributed by atoms with Gasteiger partial charge in [-0.15, -0.1) is 0 Å². The Morgan fingerprint density at radius 1 is 1.07 bits per heavy atom. The molecule has 0 heterocycles. The number of hydrogen-bond donors (Lipinski definition) is 0. The van der Waals surface area contributed by atoms with Crippen molar-refractivity contribution in [1.29, 1.82) is 0 Å². The zero-order valence-electron chi connectivity index (χ0n) is 9.34. The lowest BCUT2D eigenvalue weighted by atomic mass is 10.8. The number of ether oxygens (including phenoxy) is 2. The fourth-order valence-electron chi connectivity index (χ4n) is 0.203. The molecule has 0 aromatic carbocycles. The molecule has 0 aromatic heterocycles. The van der Waals surface area contributed by atoms with Crippen molar-refractivity contribution in [1.82, 2.24) is 0 Å². The minimum absolute atomic E-state index is 0. The van der Waals surface area contributed by atoms with Crippen LogP contribution in [0.5, 0.6) is 0 Å². The van der Waals surface area contributed by atoms with Crippen molar-refractivity contribution in [2.24, 2.45) is 0 Å². The smallest absolute Gasteiger partial charge is 0.302 e. The molecule has 0 N–H and O–H groups in total. The van der Waals surface area contributed by atoms with E-state index in [-0.39, 0.29) is 19.4 Å². The molecule has 0 amide bonds. The summed E-state index contributed by atoms with van der Waals surface area (Å²) in [5.74, 6) is -0.456. The highest BCUT2D eigenvalue weighted by atomic mass is 16.5. The average Bonchev–Trinajstić information content (AvgIpc) is 2.09. The van der Waals surface area contributed by atoms with Crippen LogP contribution in [0.15, 0.2) is 0 Å². The van der Waals surface area contributed by atoms with Gasteiger partial charge in [-0.05, 0) is 6.92 Å². The maximum Gasteiger partial charge on any atom is 0.302 e. The molecule has 4 nitrogen and oxygen atoms in total. The molecule has 0 bridgehead atoms. The van der Waals surface area contributed by atoms with Gasteiger partial charge in [-0.3, -0.25) is 9.59 Å². The molecule has 4 heteroatoms. The molecule has 0 unspecified atom stereocenters. The van der Waals surface area contributed by atoms with Crippen molar-refractivity contribution < 1.29 is 19.1 Å². The van der Waals surface area contributed by atoms with E-state index in [0.29, 0.717) is 6.61 Å². The summed E-state index contributed by atoms with van der Waals surface area (Å²) in [4.78, 5) is 19.4. The molecule has 0 spiro atoms. The van der Waals surface area contributed by atoms with E-state index in [1.165, 1.54) is 21.0 Å². The molecule has 0 aliphatic rings. The van der Waals surface area contributed by atoms with Crippen LogP contribution in [0.4, 0.5) is 0 Å². The van der Waals surface area contributed by atoms with E-state index in [9.17, 15) is 9.59 Å². The molecular formula is C10H24O4. The molecule has 0 atom stereocenters. The summed E-state index contributed by atoms with van der Waals surface area (Å²) < 4.78 is 8.51. The predicted octanol–water partition coefficient (Wildman–Crippen LogP) is 2.41. The van der Waals surface area contributed by atoms with Crippen molar-refractivity contribution >= 4 is 11.9 Å². The van der Waals surface area contributed by atoms with Gasteiger partial charge in [0.25, 0.3) is 0 Å². The van der Waals surface area contributed by atoms with Crippen molar-refractivity contribution in [3.8, 4) is 0 Å². The summed E-state index contributed by atoms with van der Waals surface area (Å²) in [6, 6.07) is 0. The Bertz CT molecular complexity index is 121. The largest absolute Gasteiger partial charge is 0.469 e. The Hall–Kier alpha value is -1.06. The molecule has 0 aliphatic heterocycles. The summed E-state index contributed by atoms with van der Waals surface area (Å²) in [6.07, 6.45) is 0. The van der Waals surface area contributed by atoms with Gasteiger partial charge in [0.1, 0.15) is 0 Å². The highest BCUT2D eigenvalue weighted by molar-refractivity contribution is 5.65. The minimum Gasteiger partial charge on any atom is -0.469 e. The van der Waals surface area contributed by atoms with Crippen LogP contribution in [0, 0.1) is 0 Å². The van der Waals surface area contributed by atoms with Crippen molar-refractivity contribution in [3.05, 3.63) is 0 Å². The third kappa shape index (κ3) is 69.6. The first kappa shape index (κ1) is 23.1. The molecule has 88 valence electrons. The van der Waals surface area contributed by atoms with Crippen LogP contribution in [0.2, 0.25) is 0 Å². The van der Waals surface area contributed by atoms with Crippen molar-refractivity contribution in [2.75, 3.05) is 13.7 Å². The van der Waals surface area contributed by atoms with E-state index in [2.05, 4.69) is 9.47 Å². The van der Waals surface area contributed by atoms with Crippen LogP contribution >= 0.6 is 0 Å². The number of carbonyl (C=O) groups is 2. The Morgan fingerprint density at radius 3 is 1.36 bits per heavy atom. The summed E-state index contributed by atoms with van der Waals surface area (Å²) in [5.41, 5.74) is 0. The third-order valence-corrected chi connectivity index (χ3v) is 0.635. The van der Waals surface area contributed by atoms with E-state index in [0.717, 1.165) is 0 Å². The molecule has 0 rings (SSSR count). The second-order valence-corrected chi connectivity index (χ2v) is 1.62. The molecule has 0 aliphatic carbocycles. The third-order valence-electron chi connectivity index (χ3n) is 0.635. The molecule has 0 saturated heterocycles. The standard InChI is InChI=1S/C4H8O2.C3H6O2.C2H6.CH4/c1-3-6-4(2)5;1-3(4)5-2;1-2;/h3H2,1-2H3;1-2H3;1-2H3;1H4. The molecule has 0 radical (unpaired) electrons. The summed E-state index contributed by atoms with van der Waals surface area (Å²) in [5, 5.41) is 0. The Morgan fingerprint density at radius 2 is 1.36 bits per heavy atom. The van der Waals surface area contributed by atoms with Gasteiger partial charge in [0.05, 0.1) is 13.7 Å². The van der Waals surface area contributed by atoms with Gasteiger partial charge in [-0.25, -0.2) is 0 Å². The highest BCUT2D eigenvalue weighted by Crippen LogP contribution is 1.69. The number of methoxy groups -OCH3 is 1. The van der Waals surface area contributed by atoms with Crippen molar-refractivity contribution in [2.45, 2.75) is 42.0 Å². The molecule has 0 saturated carbocycles. The lowest BCUT2D eigenvalue weighted by Gasteiger charge is -1.89. The lowest BCUT2D eigenvalue weighted by Crippen LogP contribution is -1.95. The predicted molar refractivity (Wildman–Crippen MR) is 58.1 cm³/mol. The lowest BCUT2D eigenvalue weighted by molar-refractivity contribution is -0.140. The minimum atomic E-state index is -0.245. The van der Waals surface area contributed by atoms with Gasteiger partial charge in [0.15, 0.2) is 0 Å². The van der Waals surface area contributed by atoms with Gasteiger partial charge in [0, 0.05) is 13.8 Å². The maximum absolute atomic E-state index is 9.82. The Balaban J connectivity index is -0.0000000576.